The van der Waals surface area contributed by atoms with Crippen LogP contribution in [0, 0.1) is 23.0 Å². The first-order valence-electron chi connectivity index (χ1n) is 13.7. The molecule has 2 heterocycles. The Hall–Kier alpha value is -4.20. The van der Waals surface area contributed by atoms with Gasteiger partial charge in [0.2, 0.25) is 0 Å². The van der Waals surface area contributed by atoms with Crippen LogP contribution in [-0.4, -0.2) is 47.8 Å². The number of piperidine rings is 1. The molecule has 3 aromatic rings. The number of benzene rings is 3. The van der Waals surface area contributed by atoms with E-state index < -0.39 is 10.8 Å². The summed E-state index contributed by atoms with van der Waals surface area (Å²) in [5.74, 6) is 0.140. The zero-order valence-electron chi connectivity index (χ0n) is 22.3. The molecule has 0 aliphatic carbocycles. The van der Waals surface area contributed by atoms with Gasteiger partial charge in [-0.05, 0) is 74.8 Å². The van der Waals surface area contributed by atoms with Crippen molar-refractivity contribution < 1.29 is 14.5 Å². The van der Waals surface area contributed by atoms with E-state index in [0.717, 1.165) is 64.0 Å². The van der Waals surface area contributed by atoms with Gasteiger partial charge in [0.15, 0.2) is 0 Å². The predicted molar refractivity (Wildman–Crippen MR) is 152 cm³/mol. The minimum atomic E-state index is -0.489. The molecule has 2 fully saturated rings. The molecule has 0 atom stereocenters. The van der Waals surface area contributed by atoms with E-state index in [0.29, 0.717) is 22.7 Å². The van der Waals surface area contributed by atoms with Crippen LogP contribution in [0.25, 0.3) is 0 Å². The van der Waals surface area contributed by atoms with Gasteiger partial charge in [0.25, 0.3) is 17.5 Å². The summed E-state index contributed by atoms with van der Waals surface area (Å²) in [5, 5.41) is 14.2. The molecule has 0 spiro atoms. The molecule has 0 radical (unpaired) electrons. The first-order chi connectivity index (χ1) is 18.9. The van der Waals surface area contributed by atoms with Gasteiger partial charge in [0, 0.05) is 54.7 Å². The lowest BCUT2D eigenvalue weighted by Gasteiger charge is -2.35. The van der Waals surface area contributed by atoms with Crippen LogP contribution in [0.4, 0.5) is 17.1 Å². The van der Waals surface area contributed by atoms with Crippen LogP contribution in [-0.2, 0) is 6.42 Å². The molecule has 39 heavy (non-hydrogen) atoms. The van der Waals surface area contributed by atoms with Crippen LogP contribution in [0.1, 0.15) is 57.5 Å². The molecule has 0 aromatic heterocycles. The molecule has 0 saturated carbocycles. The number of hydrogen-bond donors (Lipinski definition) is 1. The van der Waals surface area contributed by atoms with Gasteiger partial charge in [0.1, 0.15) is 0 Å². The molecule has 3 aromatic carbocycles. The smallest absolute Gasteiger partial charge is 0.273 e. The van der Waals surface area contributed by atoms with Gasteiger partial charge < -0.3 is 15.1 Å². The lowest BCUT2D eigenvalue weighted by Crippen LogP contribution is -2.36. The van der Waals surface area contributed by atoms with Gasteiger partial charge in [-0.15, -0.1) is 0 Å². The second-order valence-corrected chi connectivity index (χ2v) is 10.6. The highest BCUT2D eigenvalue weighted by molar-refractivity contribution is 6.06. The minimum Gasteiger partial charge on any atom is -0.371 e. The van der Waals surface area contributed by atoms with Crippen molar-refractivity contribution in [1.29, 1.82) is 0 Å². The summed E-state index contributed by atoms with van der Waals surface area (Å²) in [6.07, 6.45) is 5.16. The molecule has 5 rings (SSSR count). The van der Waals surface area contributed by atoms with Crippen molar-refractivity contribution in [2.24, 2.45) is 5.92 Å². The Morgan fingerprint density at radius 2 is 1.67 bits per heavy atom. The quantitative estimate of drug-likeness (QED) is 0.308. The molecule has 0 bridgehead atoms. The van der Waals surface area contributed by atoms with Crippen molar-refractivity contribution >= 4 is 28.9 Å². The number of rotatable bonds is 7. The maximum Gasteiger partial charge on any atom is 0.273 e. The van der Waals surface area contributed by atoms with Gasteiger partial charge in [0.05, 0.1) is 10.5 Å². The molecule has 0 unspecified atom stereocenters. The number of anilines is 2. The topological polar surface area (TPSA) is 95.8 Å². The van der Waals surface area contributed by atoms with E-state index in [1.807, 2.05) is 23.1 Å². The average molecular weight is 527 g/mol. The standard InChI is InChI=1S/C31H34N4O4/c1-22-9-10-25(20-29(22)35(38)39)30(36)32-26-11-12-28(27(21-26)31(37)34-15-5-6-16-34)33-17-13-24(14-18-33)19-23-7-3-2-4-8-23/h2-4,7-12,20-21,24H,5-6,13-19H2,1H3,(H,32,36). The largest absolute Gasteiger partial charge is 0.371 e. The van der Waals surface area contributed by atoms with E-state index in [9.17, 15) is 19.7 Å². The first kappa shape index (κ1) is 26.4. The third-order valence-electron chi connectivity index (χ3n) is 7.87. The maximum absolute atomic E-state index is 13.6. The van der Waals surface area contributed by atoms with Crippen molar-refractivity contribution in [1.82, 2.24) is 4.90 Å². The Morgan fingerprint density at radius 1 is 0.949 bits per heavy atom. The van der Waals surface area contributed by atoms with Crippen molar-refractivity contribution in [3.63, 3.8) is 0 Å². The van der Waals surface area contributed by atoms with E-state index in [1.165, 1.54) is 11.6 Å². The summed E-state index contributed by atoms with van der Waals surface area (Å²) < 4.78 is 0. The van der Waals surface area contributed by atoms with E-state index in [4.69, 9.17) is 0 Å². The van der Waals surface area contributed by atoms with Crippen molar-refractivity contribution in [3.8, 4) is 0 Å². The second kappa shape index (κ2) is 11.7. The van der Waals surface area contributed by atoms with Gasteiger partial charge in [-0.3, -0.25) is 19.7 Å². The van der Waals surface area contributed by atoms with Crippen molar-refractivity contribution in [3.05, 3.63) is 99.1 Å². The zero-order chi connectivity index (χ0) is 27.4. The highest BCUT2D eigenvalue weighted by Gasteiger charge is 2.27. The molecule has 2 amide bonds. The number of nitrogens with one attached hydrogen (secondary N) is 1. The van der Waals surface area contributed by atoms with Crippen molar-refractivity contribution in [2.75, 3.05) is 36.4 Å². The van der Waals surface area contributed by atoms with Gasteiger partial charge in [-0.25, -0.2) is 0 Å². The van der Waals surface area contributed by atoms with E-state index in [2.05, 4.69) is 34.5 Å². The Kier molecular flexibility index (Phi) is 7.91. The van der Waals surface area contributed by atoms with E-state index in [-0.39, 0.29) is 17.2 Å². The molecule has 1 N–H and O–H groups in total. The summed E-state index contributed by atoms with van der Waals surface area (Å²) in [7, 11) is 0. The molecule has 8 nitrogen and oxygen atoms in total. The van der Waals surface area contributed by atoms with Crippen LogP contribution >= 0.6 is 0 Å². The molecule has 2 saturated heterocycles. The van der Waals surface area contributed by atoms with Crippen LogP contribution in [0.3, 0.4) is 0 Å². The zero-order valence-corrected chi connectivity index (χ0v) is 22.3. The second-order valence-electron chi connectivity index (χ2n) is 10.6. The number of hydrogen-bond acceptors (Lipinski definition) is 5. The monoisotopic (exact) mass is 526 g/mol. The number of carbonyl (C=O) groups excluding carboxylic acids is 2. The Balaban J connectivity index is 1.35. The number of carbonyl (C=O) groups is 2. The van der Waals surface area contributed by atoms with Crippen LogP contribution in [0.5, 0.6) is 0 Å². The van der Waals surface area contributed by atoms with Gasteiger partial charge in [-0.1, -0.05) is 36.4 Å². The summed E-state index contributed by atoms with van der Waals surface area (Å²) in [5.41, 5.74) is 3.93. The Bertz CT molecular complexity index is 1360. The van der Waals surface area contributed by atoms with Crippen LogP contribution < -0.4 is 10.2 Å². The fourth-order valence-electron chi connectivity index (χ4n) is 5.63. The average Bonchev–Trinajstić information content (AvgIpc) is 3.49. The van der Waals surface area contributed by atoms with Crippen LogP contribution in [0.2, 0.25) is 0 Å². The number of likely N-dealkylation sites (tertiary alicyclic amines) is 1. The van der Waals surface area contributed by atoms with Crippen molar-refractivity contribution in [2.45, 2.75) is 39.0 Å². The number of nitro benzene ring substituents is 1. The fourth-order valence-corrected chi connectivity index (χ4v) is 5.63. The molecule has 2 aliphatic heterocycles. The predicted octanol–water partition coefficient (Wildman–Crippen LogP) is 5.85. The molecular weight excluding hydrogens is 492 g/mol. The highest BCUT2D eigenvalue weighted by Crippen LogP contribution is 2.32. The lowest BCUT2D eigenvalue weighted by molar-refractivity contribution is -0.385. The third-order valence-corrected chi connectivity index (χ3v) is 7.87. The lowest BCUT2D eigenvalue weighted by atomic mass is 9.89. The fraction of sp³-hybridized carbons (Fsp3) is 0.355. The number of nitro groups is 1. The SMILES string of the molecule is Cc1ccc(C(=O)Nc2ccc(N3CCC(Cc4ccccc4)CC3)c(C(=O)N3CCCC3)c2)cc1[N+](=O)[O-]. The number of nitrogens with zero attached hydrogens (tertiary/aromatic N) is 3. The van der Waals surface area contributed by atoms with E-state index in [1.54, 1.807) is 25.1 Å². The van der Waals surface area contributed by atoms with E-state index >= 15 is 0 Å². The number of aryl methyl sites for hydroxylation is 1. The third kappa shape index (κ3) is 6.11. The molecule has 2 aliphatic rings. The summed E-state index contributed by atoms with van der Waals surface area (Å²) in [6, 6.07) is 20.5. The summed E-state index contributed by atoms with van der Waals surface area (Å²) >= 11 is 0. The normalized spacial score (nSPS) is 15.8. The van der Waals surface area contributed by atoms with Gasteiger partial charge >= 0.3 is 0 Å². The highest BCUT2D eigenvalue weighted by atomic mass is 16.6. The molecule has 8 heteroatoms. The number of amides is 2. The Morgan fingerprint density at radius 3 is 2.36 bits per heavy atom. The first-order valence-corrected chi connectivity index (χ1v) is 13.7. The summed E-state index contributed by atoms with van der Waals surface area (Å²) in [4.78, 5) is 41.6. The molecule has 202 valence electrons. The maximum atomic E-state index is 13.6. The summed E-state index contributed by atoms with van der Waals surface area (Å²) in [6.45, 7) is 4.86. The minimum absolute atomic E-state index is 0.0176. The Labute approximate surface area is 228 Å². The molecular formula is C31H34N4O4. The van der Waals surface area contributed by atoms with Crippen LogP contribution in [0.15, 0.2) is 66.7 Å². The van der Waals surface area contributed by atoms with Gasteiger partial charge in [-0.2, -0.15) is 0 Å².